The number of hydrogen-bond donors (Lipinski definition) is 3. The van der Waals surface area contributed by atoms with E-state index in [-0.39, 0.29) is 31.1 Å². The maximum Gasteiger partial charge on any atom is 0.245 e. The lowest BCUT2D eigenvalue weighted by molar-refractivity contribution is -0.128. The van der Waals surface area contributed by atoms with Crippen LogP contribution in [0.1, 0.15) is 36.0 Å². The Labute approximate surface area is 146 Å². The minimum Gasteiger partial charge on any atom is -0.497 e. The van der Waals surface area contributed by atoms with Gasteiger partial charge in [-0.05, 0) is 25.0 Å². The molecule has 0 heterocycles. The van der Waals surface area contributed by atoms with Gasteiger partial charge in [0.2, 0.25) is 18.2 Å². The second-order valence-electron chi connectivity index (χ2n) is 5.25. The summed E-state index contributed by atoms with van der Waals surface area (Å²) in [7, 11) is 3.29. The molecule has 1 rings (SSSR count). The number of rotatable bonds is 11. The normalized spacial score (nSPS) is 9.84. The van der Waals surface area contributed by atoms with Gasteiger partial charge in [0.1, 0.15) is 5.75 Å². The van der Waals surface area contributed by atoms with Gasteiger partial charge in [0.05, 0.1) is 13.7 Å². The summed E-state index contributed by atoms with van der Waals surface area (Å²) in [6, 6.07) is 5.20. The zero-order valence-corrected chi connectivity index (χ0v) is 14.4. The number of anilines is 1. The maximum absolute atomic E-state index is 12.3. The van der Waals surface area contributed by atoms with Gasteiger partial charge >= 0.3 is 0 Å². The van der Waals surface area contributed by atoms with Crippen LogP contribution in [0, 0.1) is 0 Å². The number of imide groups is 1. The van der Waals surface area contributed by atoms with E-state index in [1.807, 2.05) is 5.32 Å². The van der Waals surface area contributed by atoms with Crippen molar-refractivity contribution < 1.29 is 23.9 Å². The van der Waals surface area contributed by atoms with Crippen molar-refractivity contribution in [1.29, 1.82) is 0 Å². The van der Waals surface area contributed by atoms with Gasteiger partial charge in [0, 0.05) is 37.2 Å². The third-order valence-corrected chi connectivity index (χ3v) is 3.52. The third kappa shape index (κ3) is 7.03. The molecule has 8 nitrogen and oxygen atoms in total. The molecule has 0 aromatic heterocycles. The summed E-state index contributed by atoms with van der Waals surface area (Å²) < 4.78 is 5.13. The molecular formula is C17H23N3O5. The highest BCUT2D eigenvalue weighted by atomic mass is 16.5. The van der Waals surface area contributed by atoms with Crippen LogP contribution in [0.5, 0.6) is 5.75 Å². The van der Waals surface area contributed by atoms with Crippen molar-refractivity contribution in [2.45, 2.75) is 25.7 Å². The van der Waals surface area contributed by atoms with Crippen LogP contribution in [0.3, 0.4) is 0 Å². The first-order chi connectivity index (χ1) is 12.0. The molecule has 1 aromatic rings. The number of methoxy groups -OCH3 is 1. The molecule has 0 fully saturated rings. The Kier molecular flexibility index (Phi) is 8.70. The first kappa shape index (κ1) is 20.1. The molecule has 25 heavy (non-hydrogen) atoms. The fourth-order valence-electron chi connectivity index (χ4n) is 2.19. The number of Topliss-reactive ketones (excluding diaryl/α,β-unsaturated/α-hetero) is 1. The molecule has 0 saturated carbocycles. The van der Waals surface area contributed by atoms with Crippen LogP contribution in [0.4, 0.5) is 5.69 Å². The summed E-state index contributed by atoms with van der Waals surface area (Å²) in [5.41, 5.74) is 1.28. The molecule has 0 radical (unpaired) electrons. The summed E-state index contributed by atoms with van der Waals surface area (Å²) in [6.07, 6.45) is 1.88. The van der Waals surface area contributed by atoms with Gasteiger partial charge in [-0.3, -0.25) is 24.5 Å². The van der Waals surface area contributed by atoms with Crippen molar-refractivity contribution in [3.05, 3.63) is 23.8 Å². The second-order valence-corrected chi connectivity index (χ2v) is 5.25. The smallest absolute Gasteiger partial charge is 0.245 e. The molecule has 0 unspecified atom stereocenters. The molecule has 3 N–H and O–H groups in total. The molecule has 1 aromatic carbocycles. The van der Waals surface area contributed by atoms with E-state index < -0.39 is 5.91 Å². The number of hydrogen-bond acceptors (Lipinski definition) is 6. The Bertz CT molecular complexity index is 631. The van der Waals surface area contributed by atoms with Crippen LogP contribution in [-0.2, 0) is 14.4 Å². The molecule has 0 aliphatic heterocycles. The Morgan fingerprint density at radius 2 is 1.84 bits per heavy atom. The molecular weight excluding hydrogens is 326 g/mol. The van der Waals surface area contributed by atoms with Crippen molar-refractivity contribution in [3.63, 3.8) is 0 Å². The van der Waals surface area contributed by atoms with E-state index >= 15 is 0 Å². The first-order valence-corrected chi connectivity index (χ1v) is 7.90. The molecule has 136 valence electrons. The Morgan fingerprint density at radius 3 is 2.48 bits per heavy atom. The Morgan fingerprint density at radius 1 is 1.12 bits per heavy atom. The molecule has 0 aliphatic rings. The SMILES string of the molecule is CNc1cc(OC)ccc1C(=O)CCCCC(=O)NCC(=O)NC=O. The topological polar surface area (TPSA) is 114 Å². The first-order valence-electron chi connectivity index (χ1n) is 7.90. The van der Waals surface area contributed by atoms with Gasteiger partial charge in [0.25, 0.3) is 0 Å². The average molecular weight is 349 g/mol. The summed E-state index contributed by atoms with van der Waals surface area (Å²) >= 11 is 0. The molecule has 0 spiro atoms. The highest BCUT2D eigenvalue weighted by Gasteiger charge is 2.12. The van der Waals surface area contributed by atoms with E-state index in [0.29, 0.717) is 36.3 Å². The van der Waals surface area contributed by atoms with E-state index in [1.165, 1.54) is 0 Å². The van der Waals surface area contributed by atoms with Crippen molar-refractivity contribution >= 4 is 29.7 Å². The van der Waals surface area contributed by atoms with Crippen LogP contribution < -0.4 is 20.7 Å². The van der Waals surface area contributed by atoms with Crippen LogP contribution >= 0.6 is 0 Å². The van der Waals surface area contributed by atoms with Crippen molar-refractivity contribution in [3.8, 4) is 5.75 Å². The summed E-state index contributed by atoms with van der Waals surface area (Å²) in [4.78, 5) is 44.9. The van der Waals surface area contributed by atoms with Crippen LogP contribution in [0.2, 0.25) is 0 Å². The molecule has 3 amide bonds. The predicted octanol–water partition coefficient (Wildman–Crippen LogP) is 0.869. The lowest BCUT2D eigenvalue weighted by atomic mass is 10.0. The fourth-order valence-corrected chi connectivity index (χ4v) is 2.19. The second kappa shape index (κ2) is 10.8. The quantitative estimate of drug-likeness (QED) is 0.310. The Balaban J connectivity index is 2.36. The van der Waals surface area contributed by atoms with Gasteiger partial charge < -0.3 is 15.4 Å². The number of benzene rings is 1. The molecule has 0 bridgehead atoms. The minimum atomic E-state index is -0.572. The molecule has 8 heteroatoms. The van der Waals surface area contributed by atoms with Gasteiger partial charge in [-0.25, -0.2) is 0 Å². The number of unbranched alkanes of at least 4 members (excludes halogenated alkanes) is 1. The molecule has 0 saturated heterocycles. The highest BCUT2D eigenvalue weighted by molar-refractivity contribution is 6.01. The average Bonchev–Trinajstić information content (AvgIpc) is 2.63. The summed E-state index contributed by atoms with van der Waals surface area (Å²) in [6.45, 7) is -0.242. The summed E-state index contributed by atoms with van der Waals surface area (Å²) in [5.74, 6) is -0.222. The molecule has 0 atom stereocenters. The monoisotopic (exact) mass is 349 g/mol. The number of ether oxygens (including phenoxy) is 1. The zero-order valence-electron chi connectivity index (χ0n) is 14.4. The van der Waals surface area contributed by atoms with E-state index in [0.717, 1.165) is 0 Å². The Hall–Kier alpha value is -2.90. The lowest BCUT2D eigenvalue weighted by Crippen LogP contribution is -2.36. The van der Waals surface area contributed by atoms with Gasteiger partial charge in [0.15, 0.2) is 5.78 Å². The zero-order chi connectivity index (χ0) is 18.7. The number of ketones is 1. The van der Waals surface area contributed by atoms with Gasteiger partial charge in [-0.1, -0.05) is 0 Å². The maximum atomic E-state index is 12.3. The highest BCUT2D eigenvalue weighted by Crippen LogP contribution is 2.23. The van der Waals surface area contributed by atoms with E-state index in [4.69, 9.17) is 4.74 Å². The van der Waals surface area contributed by atoms with E-state index in [1.54, 1.807) is 32.4 Å². The number of nitrogens with one attached hydrogen (secondary N) is 3. The number of carbonyl (C=O) groups excluding carboxylic acids is 4. The number of carbonyl (C=O) groups is 4. The van der Waals surface area contributed by atoms with E-state index in [9.17, 15) is 19.2 Å². The van der Waals surface area contributed by atoms with E-state index in [2.05, 4.69) is 10.6 Å². The fraction of sp³-hybridized carbons (Fsp3) is 0.412. The van der Waals surface area contributed by atoms with Crippen LogP contribution in [-0.4, -0.2) is 44.7 Å². The lowest BCUT2D eigenvalue weighted by Gasteiger charge is -2.10. The third-order valence-electron chi connectivity index (χ3n) is 3.52. The van der Waals surface area contributed by atoms with Crippen molar-refractivity contribution in [1.82, 2.24) is 10.6 Å². The summed E-state index contributed by atoms with van der Waals surface area (Å²) in [5, 5.41) is 7.30. The predicted molar refractivity (Wildman–Crippen MR) is 92.6 cm³/mol. The standard InChI is InChI=1S/C17H23N3O5/c1-18-14-9-12(25-2)7-8-13(14)15(22)5-3-4-6-16(23)19-10-17(24)20-11-21/h7-9,11,18H,3-6,10H2,1-2H3,(H,19,23)(H,20,21,24). The van der Waals surface area contributed by atoms with Crippen LogP contribution in [0.25, 0.3) is 0 Å². The largest absolute Gasteiger partial charge is 0.497 e. The van der Waals surface area contributed by atoms with Gasteiger partial charge in [-0.15, -0.1) is 0 Å². The van der Waals surface area contributed by atoms with Crippen molar-refractivity contribution in [2.24, 2.45) is 0 Å². The molecule has 0 aliphatic carbocycles. The van der Waals surface area contributed by atoms with Gasteiger partial charge in [-0.2, -0.15) is 0 Å². The van der Waals surface area contributed by atoms with Crippen molar-refractivity contribution in [2.75, 3.05) is 26.0 Å². The van der Waals surface area contributed by atoms with Crippen LogP contribution in [0.15, 0.2) is 18.2 Å². The number of amides is 3. The minimum absolute atomic E-state index is 0.0160.